The van der Waals surface area contributed by atoms with Crippen LogP contribution in [0.5, 0.6) is 0 Å². The number of hydrogen-bond acceptors (Lipinski definition) is 2. The lowest BCUT2D eigenvalue weighted by atomic mass is 10.0. The number of anilines is 1. The van der Waals surface area contributed by atoms with Gasteiger partial charge in [0.05, 0.1) is 0 Å². The van der Waals surface area contributed by atoms with Gasteiger partial charge in [0.1, 0.15) is 0 Å². The van der Waals surface area contributed by atoms with Gasteiger partial charge >= 0.3 is 0 Å². The molecular formula is C15H23ClN2. The first-order chi connectivity index (χ1) is 8.65. The molecule has 1 aromatic rings. The lowest BCUT2D eigenvalue weighted by Gasteiger charge is -2.26. The average Bonchev–Trinajstić information content (AvgIpc) is 3.17. The molecule has 0 spiro atoms. The van der Waals surface area contributed by atoms with E-state index in [0.29, 0.717) is 6.04 Å². The summed E-state index contributed by atoms with van der Waals surface area (Å²) in [5.41, 5.74) is 8.72. The van der Waals surface area contributed by atoms with Crippen molar-refractivity contribution in [3.63, 3.8) is 0 Å². The predicted molar refractivity (Wildman–Crippen MR) is 79.5 cm³/mol. The third-order valence-corrected chi connectivity index (χ3v) is 3.93. The fraction of sp³-hybridized carbons (Fsp3) is 0.600. The largest absolute Gasteiger partial charge is 0.369 e. The Morgan fingerprint density at radius 1 is 1.39 bits per heavy atom. The van der Waals surface area contributed by atoms with E-state index in [1.807, 2.05) is 6.07 Å². The van der Waals surface area contributed by atoms with Crippen LogP contribution in [0.3, 0.4) is 0 Å². The smallest absolute Gasteiger partial charge is 0.0426 e. The summed E-state index contributed by atoms with van der Waals surface area (Å²) in [7, 11) is 0. The van der Waals surface area contributed by atoms with E-state index in [9.17, 15) is 0 Å². The number of halogens is 1. The zero-order chi connectivity index (χ0) is 13.1. The number of nitrogens with two attached hydrogens (primary N) is 1. The van der Waals surface area contributed by atoms with Gasteiger partial charge < -0.3 is 10.6 Å². The molecule has 0 radical (unpaired) electrons. The highest BCUT2D eigenvalue weighted by Gasteiger charge is 2.29. The zero-order valence-corrected chi connectivity index (χ0v) is 12.1. The van der Waals surface area contributed by atoms with Gasteiger partial charge in [0.15, 0.2) is 0 Å². The number of rotatable bonds is 6. The molecule has 1 fully saturated rings. The first-order valence-corrected chi connectivity index (χ1v) is 7.34. The van der Waals surface area contributed by atoms with Crippen LogP contribution in [0.15, 0.2) is 18.2 Å². The molecule has 2 rings (SSSR count). The Balaban J connectivity index is 2.27. The minimum Gasteiger partial charge on any atom is -0.369 e. The highest BCUT2D eigenvalue weighted by atomic mass is 35.5. The van der Waals surface area contributed by atoms with Crippen molar-refractivity contribution in [1.29, 1.82) is 0 Å². The number of hydrogen-bond donors (Lipinski definition) is 1. The Bertz CT molecular complexity index is 401. The van der Waals surface area contributed by atoms with Gasteiger partial charge in [-0.25, -0.2) is 0 Å². The highest BCUT2D eigenvalue weighted by molar-refractivity contribution is 6.30. The van der Waals surface area contributed by atoms with Gasteiger partial charge in [-0.2, -0.15) is 0 Å². The van der Waals surface area contributed by atoms with Gasteiger partial charge in [-0.3, -0.25) is 0 Å². The summed E-state index contributed by atoms with van der Waals surface area (Å²) in [4.78, 5) is 2.48. The molecule has 1 aliphatic rings. The quantitative estimate of drug-likeness (QED) is 0.852. The van der Waals surface area contributed by atoms with E-state index in [0.717, 1.165) is 24.4 Å². The first kappa shape index (κ1) is 13.7. The number of benzene rings is 1. The molecule has 0 aliphatic heterocycles. The van der Waals surface area contributed by atoms with Crippen molar-refractivity contribution in [3.8, 4) is 0 Å². The van der Waals surface area contributed by atoms with Crippen molar-refractivity contribution in [1.82, 2.24) is 0 Å². The van der Waals surface area contributed by atoms with E-state index in [4.69, 9.17) is 17.3 Å². The summed E-state index contributed by atoms with van der Waals surface area (Å²) in [5.74, 6) is 0. The molecule has 0 bridgehead atoms. The minimum atomic E-state index is 0.239. The predicted octanol–water partition coefficient (Wildman–Crippen LogP) is 3.61. The van der Waals surface area contributed by atoms with Crippen LogP contribution in [-0.4, -0.2) is 18.6 Å². The molecule has 2 nitrogen and oxygen atoms in total. The topological polar surface area (TPSA) is 29.3 Å². The normalized spacial score (nSPS) is 16.7. The third-order valence-electron chi connectivity index (χ3n) is 3.69. The molecule has 3 heteroatoms. The molecule has 1 saturated carbocycles. The van der Waals surface area contributed by atoms with E-state index >= 15 is 0 Å². The van der Waals surface area contributed by atoms with Crippen molar-refractivity contribution in [2.75, 3.05) is 11.4 Å². The maximum Gasteiger partial charge on any atom is 0.0426 e. The van der Waals surface area contributed by atoms with Crippen molar-refractivity contribution < 1.29 is 0 Å². The summed E-state index contributed by atoms with van der Waals surface area (Å²) in [6.45, 7) is 5.39. The van der Waals surface area contributed by atoms with Crippen LogP contribution in [0.2, 0.25) is 5.02 Å². The maximum absolute atomic E-state index is 6.16. The molecule has 1 atom stereocenters. The molecule has 0 saturated heterocycles. The molecule has 2 N–H and O–H groups in total. The lowest BCUT2D eigenvalue weighted by molar-refractivity contribution is 0.644. The van der Waals surface area contributed by atoms with Gasteiger partial charge in [-0.05, 0) is 50.3 Å². The van der Waals surface area contributed by atoms with Crippen LogP contribution in [0.1, 0.15) is 38.7 Å². The summed E-state index contributed by atoms with van der Waals surface area (Å²) < 4.78 is 0. The van der Waals surface area contributed by atoms with Gasteiger partial charge in [-0.1, -0.05) is 24.6 Å². The van der Waals surface area contributed by atoms with Gasteiger partial charge in [0, 0.05) is 29.3 Å². The molecule has 0 heterocycles. The van der Waals surface area contributed by atoms with E-state index in [1.54, 1.807) is 0 Å². The summed E-state index contributed by atoms with van der Waals surface area (Å²) in [5, 5.41) is 0.818. The van der Waals surface area contributed by atoms with E-state index < -0.39 is 0 Å². The number of nitrogens with zero attached hydrogens (tertiary/aromatic N) is 1. The fourth-order valence-corrected chi connectivity index (χ4v) is 2.58. The van der Waals surface area contributed by atoms with Crippen molar-refractivity contribution in [3.05, 3.63) is 28.8 Å². The van der Waals surface area contributed by atoms with Crippen LogP contribution in [0.25, 0.3) is 0 Å². The molecule has 18 heavy (non-hydrogen) atoms. The standard InChI is InChI=1S/C15H23ClN2/c1-3-13(17)9-11-5-6-12(16)10-15(11)18(4-2)14-7-8-14/h5-6,10,13-14H,3-4,7-9,17H2,1-2H3. The molecule has 1 aromatic carbocycles. The van der Waals surface area contributed by atoms with Crippen LogP contribution < -0.4 is 10.6 Å². The molecule has 1 unspecified atom stereocenters. The third kappa shape index (κ3) is 3.18. The fourth-order valence-electron chi connectivity index (χ4n) is 2.42. The molecule has 100 valence electrons. The highest BCUT2D eigenvalue weighted by Crippen LogP contribution is 2.35. The first-order valence-electron chi connectivity index (χ1n) is 6.96. The monoisotopic (exact) mass is 266 g/mol. The second-order valence-electron chi connectivity index (χ2n) is 5.16. The van der Waals surface area contributed by atoms with Crippen molar-refractivity contribution in [2.45, 2.75) is 51.6 Å². The van der Waals surface area contributed by atoms with Crippen LogP contribution >= 0.6 is 11.6 Å². The van der Waals surface area contributed by atoms with E-state index in [2.05, 4.69) is 30.9 Å². The SMILES string of the molecule is CCC(N)Cc1ccc(Cl)cc1N(CC)C1CC1. The summed E-state index contributed by atoms with van der Waals surface area (Å²) >= 11 is 6.16. The zero-order valence-electron chi connectivity index (χ0n) is 11.3. The summed E-state index contributed by atoms with van der Waals surface area (Å²) in [6, 6.07) is 7.16. The maximum atomic E-state index is 6.16. The van der Waals surface area contributed by atoms with Crippen molar-refractivity contribution >= 4 is 17.3 Å². The van der Waals surface area contributed by atoms with E-state index in [-0.39, 0.29) is 6.04 Å². The van der Waals surface area contributed by atoms with Gasteiger partial charge in [0.25, 0.3) is 0 Å². The molecule has 0 amide bonds. The Morgan fingerprint density at radius 3 is 2.67 bits per heavy atom. The van der Waals surface area contributed by atoms with Gasteiger partial charge in [0.2, 0.25) is 0 Å². The Hall–Kier alpha value is -0.730. The van der Waals surface area contributed by atoms with E-state index in [1.165, 1.54) is 24.1 Å². The average molecular weight is 267 g/mol. The minimum absolute atomic E-state index is 0.239. The Labute approximate surface area is 115 Å². The second-order valence-corrected chi connectivity index (χ2v) is 5.60. The summed E-state index contributed by atoms with van der Waals surface area (Å²) in [6.07, 6.45) is 4.56. The second kappa shape index (κ2) is 5.94. The van der Waals surface area contributed by atoms with Crippen molar-refractivity contribution in [2.24, 2.45) is 5.73 Å². The molecule has 1 aliphatic carbocycles. The molecular weight excluding hydrogens is 244 g/mol. The Kier molecular flexibility index (Phi) is 4.52. The van der Waals surface area contributed by atoms with Crippen LogP contribution in [-0.2, 0) is 6.42 Å². The van der Waals surface area contributed by atoms with Crippen LogP contribution in [0.4, 0.5) is 5.69 Å². The Morgan fingerprint density at radius 2 is 2.11 bits per heavy atom. The van der Waals surface area contributed by atoms with Gasteiger partial charge in [-0.15, -0.1) is 0 Å². The molecule has 0 aromatic heterocycles. The lowest BCUT2D eigenvalue weighted by Crippen LogP contribution is -2.28. The van der Waals surface area contributed by atoms with Crippen LogP contribution in [0, 0.1) is 0 Å².